The zero-order chi connectivity index (χ0) is 12.4. The molecule has 0 aliphatic carbocycles. The third kappa shape index (κ3) is 2.13. The number of hydrogen-bond acceptors (Lipinski definition) is 2. The van der Waals surface area contributed by atoms with Crippen molar-refractivity contribution in [2.75, 3.05) is 10.6 Å². The van der Waals surface area contributed by atoms with E-state index >= 15 is 0 Å². The van der Waals surface area contributed by atoms with E-state index in [2.05, 4.69) is 22.8 Å². The van der Waals surface area contributed by atoms with Crippen LogP contribution >= 0.6 is 12.2 Å². The van der Waals surface area contributed by atoms with E-state index in [-0.39, 0.29) is 0 Å². The minimum absolute atomic E-state index is 0.714. The quantitative estimate of drug-likeness (QED) is 0.753. The Morgan fingerprint density at radius 3 is 2.06 bits per heavy atom. The lowest BCUT2D eigenvalue weighted by molar-refractivity contribution is 1.54. The van der Waals surface area contributed by atoms with Gasteiger partial charge in [-0.2, -0.15) is 0 Å². The first-order valence-electron chi connectivity index (χ1n) is 5.77. The largest absolute Gasteiger partial charge is 0.353 e. The molecule has 0 saturated heterocycles. The lowest BCUT2D eigenvalue weighted by Crippen LogP contribution is -2.04. The highest BCUT2D eigenvalue weighted by molar-refractivity contribution is 7.81. The maximum atomic E-state index is 5.32. The molecule has 88 valence electrons. The van der Waals surface area contributed by atoms with Crippen molar-refractivity contribution >= 4 is 34.3 Å². The van der Waals surface area contributed by atoms with E-state index in [1.165, 1.54) is 0 Å². The summed E-state index contributed by atoms with van der Waals surface area (Å²) >= 11 is 5.32. The van der Waals surface area contributed by atoms with Crippen molar-refractivity contribution in [3.05, 3.63) is 66.2 Å². The highest BCUT2D eigenvalue weighted by Gasteiger charge is 2.11. The monoisotopic (exact) mass is 252 g/mol. The van der Waals surface area contributed by atoms with Gasteiger partial charge in [0.05, 0.1) is 11.4 Å². The molecular weight excluding hydrogens is 240 g/mol. The maximum absolute atomic E-state index is 5.32. The number of thiocarbonyl (C=S) groups is 1. The summed E-state index contributed by atoms with van der Waals surface area (Å²) in [7, 11) is 0. The van der Waals surface area contributed by atoms with E-state index in [0.29, 0.717) is 4.99 Å². The lowest BCUT2D eigenvalue weighted by atomic mass is 10.1. The van der Waals surface area contributed by atoms with Crippen LogP contribution < -0.4 is 10.6 Å². The SMILES string of the molecule is S=C1C=C(c2ccccc2)Nc2ccccc2N1. The highest BCUT2D eigenvalue weighted by Crippen LogP contribution is 2.28. The van der Waals surface area contributed by atoms with Gasteiger partial charge < -0.3 is 10.6 Å². The normalized spacial score (nSPS) is 13.8. The van der Waals surface area contributed by atoms with Crippen LogP contribution in [0.3, 0.4) is 0 Å². The van der Waals surface area contributed by atoms with E-state index in [1.54, 1.807) is 0 Å². The Kier molecular flexibility index (Phi) is 2.82. The molecule has 2 aromatic rings. The van der Waals surface area contributed by atoms with Gasteiger partial charge in [0, 0.05) is 5.70 Å². The fourth-order valence-corrected chi connectivity index (χ4v) is 2.18. The van der Waals surface area contributed by atoms with Crippen LogP contribution in [0.15, 0.2) is 60.7 Å². The summed E-state index contributed by atoms with van der Waals surface area (Å²) in [4.78, 5) is 0.714. The predicted molar refractivity (Wildman–Crippen MR) is 80.7 cm³/mol. The van der Waals surface area contributed by atoms with Crippen molar-refractivity contribution in [2.45, 2.75) is 0 Å². The van der Waals surface area contributed by atoms with Gasteiger partial charge in [-0.25, -0.2) is 0 Å². The molecule has 0 aromatic heterocycles. The summed E-state index contributed by atoms with van der Waals surface area (Å²) in [6, 6.07) is 18.2. The molecule has 2 aromatic carbocycles. The third-order valence-corrected chi connectivity index (χ3v) is 3.03. The molecule has 0 saturated carbocycles. The van der Waals surface area contributed by atoms with Crippen molar-refractivity contribution < 1.29 is 0 Å². The second-order valence-corrected chi connectivity index (χ2v) is 4.52. The molecule has 3 heteroatoms. The van der Waals surface area contributed by atoms with Crippen LogP contribution in [-0.2, 0) is 0 Å². The zero-order valence-electron chi connectivity index (χ0n) is 9.68. The zero-order valence-corrected chi connectivity index (χ0v) is 10.5. The first kappa shape index (κ1) is 11.0. The van der Waals surface area contributed by atoms with Crippen LogP contribution in [0.2, 0.25) is 0 Å². The molecule has 0 amide bonds. The summed E-state index contributed by atoms with van der Waals surface area (Å²) in [6.07, 6.45) is 1.95. The van der Waals surface area contributed by atoms with E-state index in [1.807, 2.05) is 48.5 Å². The van der Waals surface area contributed by atoms with Crippen molar-refractivity contribution in [1.82, 2.24) is 0 Å². The summed E-state index contributed by atoms with van der Waals surface area (Å²) in [5.41, 5.74) is 4.17. The molecule has 1 aliphatic heterocycles. The van der Waals surface area contributed by atoms with Crippen LogP contribution in [0.5, 0.6) is 0 Å². The van der Waals surface area contributed by atoms with E-state index < -0.39 is 0 Å². The Bertz CT molecular complexity index is 617. The van der Waals surface area contributed by atoms with Gasteiger partial charge in [0.2, 0.25) is 0 Å². The number of anilines is 2. The Balaban J connectivity index is 2.05. The third-order valence-electron chi connectivity index (χ3n) is 2.81. The van der Waals surface area contributed by atoms with Crippen LogP contribution in [-0.4, -0.2) is 4.99 Å². The molecule has 3 rings (SSSR count). The number of para-hydroxylation sites is 2. The Morgan fingerprint density at radius 1 is 0.722 bits per heavy atom. The first-order chi connectivity index (χ1) is 8.83. The number of rotatable bonds is 1. The molecule has 0 radical (unpaired) electrons. The molecule has 0 fully saturated rings. The standard InChI is InChI=1S/C15H12N2S/c18-15-10-14(11-6-2-1-3-7-11)16-12-8-4-5-9-13(12)17-15/h1-10,16H,(H,17,18). The van der Waals surface area contributed by atoms with Gasteiger partial charge in [0.1, 0.15) is 4.99 Å². The number of nitrogens with one attached hydrogen (secondary N) is 2. The molecule has 1 aliphatic rings. The van der Waals surface area contributed by atoms with Gasteiger partial charge in [-0.1, -0.05) is 54.7 Å². The minimum Gasteiger partial charge on any atom is -0.353 e. The molecule has 0 spiro atoms. The van der Waals surface area contributed by atoms with Crippen LogP contribution in [0.4, 0.5) is 11.4 Å². The van der Waals surface area contributed by atoms with Gasteiger partial charge >= 0.3 is 0 Å². The fourth-order valence-electron chi connectivity index (χ4n) is 1.96. The predicted octanol–water partition coefficient (Wildman–Crippen LogP) is 3.89. The van der Waals surface area contributed by atoms with E-state index in [0.717, 1.165) is 22.6 Å². The van der Waals surface area contributed by atoms with Crippen molar-refractivity contribution in [3.63, 3.8) is 0 Å². The van der Waals surface area contributed by atoms with Gasteiger partial charge in [-0.05, 0) is 23.8 Å². The Morgan fingerprint density at radius 2 is 1.33 bits per heavy atom. The van der Waals surface area contributed by atoms with E-state index in [9.17, 15) is 0 Å². The lowest BCUT2D eigenvalue weighted by Gasteiger charge is -2.11. The van der Waals surface area contributed by atoms with Crippen LogP contribution in [0.1, 0.15) is 5.56 Å². The smallest absolute Gasteiger partial charge is 0.105 e. The van der Waals surface area contributed by atoms with Crippen LogP contribution in [0.25, 0.3) is 5.70 Å². The molecular formula is C15H12N2S. The molecule has 1 heterocycles. The molecule has 18 heavy (non-hydrogen) atoms. The maximum Gasteiger partial charge on any atom is 0.105 e. The van der Waals surface area contributed by atoms with Crippen molar-refractivity contribution in [2.24, 2.45) is 0 Å². The topological polar surface area (TPSA) is 24.1 Å². The summed E-state index contributed by atoms with van der Waals surface area (Å²) in [5, 5.41) is 6.63. The molecule has 0 atom stereocenters. The Hall–Kier alpha value is -2.13. The Labute approximate surface area is 111 Å². The summed E-state index contributed by atoms with van der Waals surface area (Å²) in [5.74, 6) is 0. The number of hydrogen-bond donors (Lipinski definition) is 2. The second-order valence-electron chi connectivity index (χ2n) is 4.08. The first-order valence-corrected chi connectivity index (χ1v) is 6.18. The fraction of sp³-hybridized carbons (Fsp3) is 0. The molecule has 0 unspecified atom stereocenters. The van der Waals surface area contributed by atoms with Crippen molar-refractivity contribution in [1.29, 1.82) is 0 Å². The van der Waals surface area contributed by atoms with Gasteiger partial charge in [-0.15, -0.1) is 0 Å². The average Bonchev–Trinajstić information content (AvgIpc) is 2.57. The van der Waals surface area contributed by atoms with Gasteiger partial charge in [0.15, 0.2) is 0 Å². The number of fused-ring (bicyclic) bond motifs is 1. The van der Waals surface area contributed by atoms with Crippen LogP contribution in [0, 0.1) is 0 Å². The number of benzene rings is 2. The van der Waals surface area contributed by atoms with Crippen molar-refractivity contribution in [3.8, 4) is 0 Å². The molecule has 2 N–H and O–H groups in total. The van der Waals surface area contributed by atoms with Gasteiger partial charge in [-0.3, -0.25) is 0 Å². The summed E-state index contributed by atoms with van der Waals surface area (Å²) in [6.45, 7) is 0. The summed E-state index contributed by atoms with van der Waals surface area (Å²) < 4.78 is 0. The van der Waals surface area contributed by atoms with E-state index in [4.69, 9.17) is 12.2 Å². The van der Waals surface area contributed by atoms with Gasteiger partial charge in [0.25, 0.3) is 0 Å². The molecule has 2 nitrogen and oxygen atoms in total. The second kappa shape index (κ2) is 4.63. The average molecular weight is 252 g/mol. The minimum atomic E-state index is 0.714. The highest BCUT2D eigenvalue weighted by atomic mass is 32.1. The molecule has 0 bridgehead atoms.